The van der Waals surface area contributed by atoms with Crippen LogP contribution in [0.2, 0.25) is 5.02 Å². The van der Waals surface area contributed by atoms with Crippen LogP contribution in [-0.4, -0.2) is 56.0 Å². The Labute approximate surface area is 165 Å². The molecule has 0 aromatic heterocycles. The molecule has 0 N–H and O–H groups in total. The van der Waals surface area contributed by atoms with Crippen LogP contribution in [0.15, 0.2) is 36.4 Å². The molecule has 2 aromatic rings. The molecule has 0 unspecified atom stereocenters. The van der Waals surface area contributed by atoms with Gasteiger partial charge in [-0.3, -0.25) is 4.79 Å². The van der Waals surface area contributed by atoms with Gasteiger partial charge in [0.15, 0.2) is 0 Å². The Morgan fingerprint density at radius 2 is 1.85 bits per heavy atom. The third-order valence-corrected chi connectivity index (χ3v) is 5.27. The summed E-state index contributed by atoms with van der Waals surface area (Å²) in [5, 5.41) is 0.708. The minimum absolute atomic E-state index is 0.0503. The molecule has 6 heteroatoms. The fourth-order valence-corrected chi connectivity index (χ4v) is 3.20. The molecule has 1 saturated heterocycles. The van der Waals surface area contributed by atoms with Crippen molar-refractivity contribution in [2.24, 2.45) is 0 Å². The Kier molecular flexibility index (Phi) is 6.24. The van der Waals surface area contributed by atoms with E-state index in [1.54, 1.807) is 7.11 Å². The molecule has 27 heavy (non-hydrogen) atoms. The van der Waals surface area contributed by atoms with Gasteiger partial charge in [-0.05, 0) is 55.9 Å². The topological polar surface area (TPSA) is 42.0 Å². The molecule has 1 amide bonds. The predicted molar refractivity (Wildman–Crippen MR) is 107 cm³/mol. The van der Waals surface area contributed by atoms with Gasteiger partial charge in [-0.2, -0.15) is 0 Å². The Bertz CT molecular complexity index is 817. The van der Waals surface area contributed by atoms with Gasteiger partial charge in [0.1, 0.15) is 18.1 Å². The van der Waals surface area contributed by atoms with Crippen molar-refractivity contribution >= 4 is 17.5 Å². The lowest BCUT2D eigenvalue weighted by Crippen LogP contribution is -2.47. The Balaban J connectivity index is 1.74. The van der Waals surface area contributed by atoms with Crippen LogP contribution in [0.3, 0.4) is 0 Å². The zero-order chi connectivity index (χ0) is 19.4. The highest BCUT2D eigenvalue weighted by molar-refractivity contribution is 6.31. The molecule has 0 bridgehead atoms. The molecule has 0 radical (unpaired) electrons. The third kappa shape index (κ3) is 4.73. The molecule has 0 atom stereocenters. The third-order valence-electron chi connectivity index (χ3n) is 4.84. The number of carbonyl (C=O) groups is 1. The SMILES string of the molecule is COc1ccc(C(=O)N2CCN(C)CC2)cc1COc1ccc(Cl)c(C)c1. The second kappa shape index (κ2) is 8.63. The number of hydrogen-bond acceptors (Lipinski definition) is 4. The van der Waals surface area contributed by atoms with Crippen LogP contribution in [0.25, 0.3) is 0 Å². The van der Waals surface area contributed by atoms with Gasteiger partial charge >= 0.3 is 0 Å². The molecule has 0 spiro atoms. The fraction of sp³-hybridized carbons (Fsp3) is 0.381. The number of likely N-dealkylation sites (N-methyl/N-ethyl adjacent to an activating group) is 1. The number of methoxy groups -OCH3 is 1. The van der Waals surface area contributed by atoms with Gasteiger partial charge in [-0.25, -0.2) is 0 Å². The summed E-state index contributed by atoms with van der Waals surface area (Å²) in [6.07, 6.45) is 0. The average Bonchev–Trinajstić information content (AvgIpc) is 2.68. The minimum Gasteiger partial charge on any atom is -0.496 e. The first-order valence-corrected chi connectivity index (χ1v) is 9.39. The van der Waals surface area contributed by atoms with E-state index in [0.29, 0.717) is 22.9 Å². The lowest BCUT2D eigenvalue weighted by Gasteiger charge is -2.32. The second-order valence-corrected chi connectivity index (χ2v) is 7.23. The molecule has 5 nitrogen and oxygen atoms in total. The van der Waals surface area contributed by atoms with Gasteiger partial charge in [0.05, 0.1) is 7.11 Å². The molecule has 3 rings (SSSR count). The Morgan fingerprint density at radius 1 is 1.11 bits per heavy atom. The summed E-state index contributed by atoms with van der Waals surface area (Å²) in [6, 6.07) is 11.1. The molecule has 1 heterocycles. The first-order chi connectivity index (χ1) is 13.0. The number of halogens is 1. The standard InChI is InChI=1S/C21H25ClN2O3/c1-15-12-18(5-6-19(15)22)27-14-17-13-16(4-7-20(17)26-3)21(25)24-10-8-23(2)9-11-24/h4-7,12-13H,8-11,14H2,1-3H3. The van der Waals surface area contributed by atoms with Crippen LogP contribution in [0, 0.1) is 6.92 Å². The summed E-state index contributed by atoms with van der Waals surface area (Å²) < 4.78 is 11.3. The van der Waals surface area contributed by atoms with Crippen molar-refractivity contribution in [1.82, 2.24) is 9.80 Å². The van der Waals surface area contributed by atoms with Crippen molar-refractivity contribution in [2.45, 2.75) is 13.5 Å². The van der Waals surface area contributed by atoms with Crippen LogP contribution >= 0.6 is 11.6 Å². The quantitative estimate of drug-likeness (QED) is 0.784. The summed E-state index contributed by atoms with van der Waals surface area (Å²) in [5.74, 6) is 1.49. The molecule has 2 aromatic carbocycles. The van der Waals surface area contributed by atoms with E-state index in [1.807, 2.05) is 48.2 Å². The molecule has 1 fully saturated rings. The number of piperazine rings is 1. The minimum atomic E-state index is 0.0503. The maximum atomic E-state index is 12.8. The molecule has 0 aliphatic carbocycles. The lowest BCUT2D eigenvalue weighted by molar-refractivity contribution is 0.0664. The van der Waals surface area contributed by atoms with Gasteiger partial charge in [-0.15, -0.1) is 0 Å². The summed E-state index contributed by atoms with van der Waals surface area (Å²) in [6.45, 7) is 5.54. The van der Waals surface area contributed by atoms with Gasteiger partial charge in [0, 0.05) is 42.3 Å². The van der Waals surface area contributed by atoms with E-state index in [2.05, 4.69) is 11.9 Å². The zero-order valence-corrected chi connectivity index (χ0v) is 16.8. The van der Waals surface area contributed by atoms with Crippen molar-refractivity contribution in [3.05, 3.63) is 58.1 Å². The number of amides is 1. The highest BCUT2D eigenvalue weighted by atomic mass is 35.5. The number of nitrogens with zero attached hydrogens (tertiary/aromatic N) is 2. The largest absolute Gasteiger partial charge is 0.496 e. The van der Waals surface area contributed by atoms with Gasteiger partial charge in [-0.1, -0.05) is 11.6 Å². The summed E-state index contributed by atoms with van der Waals surface area (Å²) in [7, 11) is 3.69. The van der Waals surface area contributed by atoms with Crippen molar-refractivity contribution in [1.29, 1.82) is 0 Å². The van der Waals surface area contributed by atoms with Gasteiger partial charge in [0.2, 0.25) is 0 Å². The molecule has 1 aliphatic heterocycles. The van der Waals surface area contributed by atoms with Crippen LogP contribution in [0.4, 0.5) is 0 Å². The maximum absolute atomic E-state index is 12.8. The number of benzene rings is 2. The molecule has 0 saturated carbocycles. The predicted octanol–water partition coefficient (Wildman–Crippen LogP) is 3.62. The lowest BCUT2D eigenvalue weighted by atomic mass is 10.1. The highest BCUT2D eigenvalue weighted by Crippen LogP contribution is 2.25. The number of ether oxygens (including phenoxy) is 2. The van der Waals surface area contributed by atoms with Crippen molar-refractivity contribution in [2.75, 3.05) is 40.3 Å². The van der Waals surface area contributed by atoms with Gasteiger partial charge < -0.3 is 19.3 Å². The van der Waals surface area contributed by atoms with Crippen molar-refractivity contribution in [3.63, 3.8) is 0 Å². The van der Waals surface area contributed by atoms with Crippen LogP contribution in [-0.2, 0) is 6.61 Å². The van der Waals surface area contributed by atoms with E-state index in [-0.39, 0.29) is 5.91 Å². The number of aryl methyl sites for hydroxylation is 1. The van der Waals surface area contributed by atoms with E-state index < -0.39 is 0 Å². The maximum Gasteiger partial charge on any atom is 0.253 e. The van der Waals surface area contributed by atoms with E-state index >= 15 is 0 Å². The molecular formula is C21H25ClN2O3. The fourth-order valence-electron chi connectivity index (χ4n) is 3.08. The first-order valence-electron chi connectivity index (χ1n) is 9.01. The van der Waals surface area contributed by atoms with Crippen molar-refractivity contribution < 1.29 is 14.3 Å². The smallest absolute Gasteiger partial charge is 0.253 e. The highest BCUT2D eigenvalue weighted by Gasteiger charge is 2.21. The van der Waals surface area contributed by atoms with Crippen molar-refractivity contribution in [3.8, 4) is 11.5 Å². The van der Waals surface area contributed by atoms with E-state index in [9.17, 15) is 4.79 Å². The normalized spacial score (nSPS) is 14.9. The number of hydrogen-bond donors (Lipinski definition) is 0. The zero-order valence-electron chi connectivity index (χ0n) is 16.0. The first kappa shape index (κ1) is 19.5. The van der Waals surface area contributed by atoms with Gasteiger partial charge in [0.25, 0.3) is 5.91 Å². The number of carbonyl (C=O) groups excluding carboxylic acids is 1. The van der Waals surface area contributed by atoms with E-state index in [1.165, 1.54) is 0 Å². The monoisotopic (exact) mass is 388 g/mol. The van der Waals surface area contributed by atoms with Crippen LogP contribution in [0.5, 0.6) is 11.5 Å². The van der Waals surface area contributed by atoms with E-state index in [0.717, 1.165) is 43.1 Å². The average molecular weight is 389 g/mol. The summed E-state index contributed by atoms with van der Waals surface area (Å²) in [5.41, 5.74) is 2.46. The number of rotatable bonds is 5. The second-order valence-electron chi connectivity index (χ2n) is 6.82. The molecule has 144 valence electrons. The Morgan fingerprint density at radius 3 is 2.52 bits per heavy atom. The van der Waals surface area contributed by atoms with Crippen LogP contribution in [0.1, 0.15) is 21.5 Å². The molecular weight excluding hydrogens is 364 g/mol. The molecule has 1 aliphatic rings. The van der Waals surface area contributed by atoms with E-state index in [4.69, 9.17) is 21.1 Å². The van der Waals surface area contributed by atoms with Crippen LogP contribution < -0.4 is 9.47 Å². The summed E-state index contributed by atoms with van der Waals surface area (Å²) in [4.78, 5) is 17.0. The summed E-state index contributed by atoms with van der Waals surface area (Å²) >= 11 is 6.06. The Hall–Kier alpha value is -2.24.